The van der Waals surface area contributed by atoms with Crippen molar-refractivity contribution in [3.8, 4) is 0 Å². The molecule has 0 aliphatic rings. The van der Waals surface area contributed by atoms with E-state index in [0.717, 1.165) is 14.7 Å². The Morgan fingerprint density at radius 2 is 1.78 bits per heavy atom. The molecule has 0 fully saturated rings. The summed E-state index contributed by atoms with van der Waals surface area (Å²) in [6.45, 7) is 2.62. The van der Waals surface area contributed by atoms with E-state index in [4.69, 9.17) is 0 Å². The van der Waals surface area contributed by atoms with Crippen LogP contribution in [0.15, 0.2) is 48.5 Å². The van der Waals surface area contributed by atoms with E-state index in [1.165, 1.54) is 5.56 Å². The van der Waals surface area contributed by atoms with Gasteiger partial charge in [0.15, 0.2) is 0 Å². The van der Waals surface area contributed by atoms with Crippen molar-refractivity contribution in [1.82, 2.24) is 5.32 Å². The summed E-state index contributed by atoms with van der Waals surface area (Å²) < 4.78 is 0.970. The second-order valence-corrected chi connectivity index (χ2v) is 5.25. The van der Waals surface area contributed by atoms with Gasteiger partial charge < -0.3 is 5.32 Å². The topological polar surface area (TPSA) is 29.1 Å². The fourth-order valence-electron chi connectivity index (χ4n) is 1.72. The molecule has 0 saturated carbocycles. The zero-order valence-electron chi connectivity index (χ0n) is 10.1. The maximum Gasteiger partial charge on any atom is 0.252 e. The lowest BCUT2D eigenvalue weighted by Gasteiger charge is -2.08. The first kappa shape index (κ1) is 13.1. The predicted molar refractivity (Wildman–Crippen MR) is 81.5 cm³/mol. The smallest absolute Gasteiger partial charge is 0.252 e. The van der Waals surface area contributed by atoms with Gasteiger partial charge in [-0.05, 0) is 52.8 Å². The molecule has 2 aromatic carbocycles. The molecule has 3 heteroatoms. The van der Waals surface area contributed by atoms with Crippen molar-refractivity contribution in [3.63, 3.8) is 0 Å². The lowest BCUT2D eigenvalue weighted by molar-refractivity contribution is 0.0950. The van der Waals surface area contributed by atoms with Crippen molar-refractivity contribution in [3.05, 3.63) is 68.8 Å². The molecule has 0 bridgehead atoms. The van der Waals surface area contributed by atoms with Crippen LogP contribution >= 0.6 is 22.6 Å². The third-order valence-electron chi connectivity index (χ3n) is 2.82. The Morgan fingerprint density at radius 1 is 1.11 bits per heavy atom. The normalized spacial score (nSPS) is 10.1. The first-order valence-corrected chi connectivity index (χ1v) is 6.83. The van der Waals surface area contributed by atoms with Crippen LogP contribution in [0.5, 0.6) is 0 Å². The fraction of sp³-hybridized carbons (Fsp3) is 0.133. The van der Waals surface area contributed by atoms with Crippen LogP contribution in [0.4, 0.5) is 0 Å². The quantitative estimate of drug-likeness (QED) is 0.843. The molecule has 2 nitrogen and oxygen atoms in total. The van der Waals surface area contributed by atoms with Gasteiger partial charge in [-0.2, -0.15) is 0 Å². The highest BCUT2D eigenvalue weighted by atomic mass is 127. The van der Waals surface area contributed by atoms with E-state index in [9.17, 15) is 4.79 Å². The van der Waals surface area contributed by atoms with Crippen LogP contribution in [0, 0.1) is 10.5 Å². The molecule has 0 aromatic heterocycles. The van der Waals surface area contributed by atoms with Crippen LogP contribution in [-0.2, 0) is 6.54 Å². The number of carbonyl (C=O) groups is 1. The van der Waals surface area contributed by atoms with Gasteiger partial charge in [-0.3, -0.25) is 4.79 Å². The zero-order chi connectivity index (χ0) is 13.0. The van der Waals surface area contributed by atoms with Crippen LogP contribution in [-0.4, -0.2) is 5.91 Å². The van der Waals surface area contributed by atoms with Crippen LogP contribution < -0.4 is 5.32 Å². The molecular formula is C15H14INO. The van der Waals surface area contributed by atoms with Crippen LogP contribution in [0.3, 0.4) is 0 Å². The van der Waals surface area contributed by atoms with E-state index < -0.39 is 0 Å². The summed E-state index contributed by atoms with van der Waals surface area (Å²) >= 11 is 2.18. The van der Waals surface area contributed by atoms with E-state index in [0.29, 0.717) is 6.54 Å². The molecule has 0 aliphatic heterocycles. The van der Waals surface area contributed by atoms with Crippen molar-refractivity contribution < 1.29 is 4.79 Å². The maximum absolute atomic E-state index is 12.0. The van der Waals surface area contributed by atoms with Crippen molar-refractivity contribution in [2.24, 2.45) is 0 Å². The highest BCUT2D eigenvalue weighted by molar-refractivity contribution is 14.1. The van der Waals surface area contributed by atoms with Crippen molar-refractivity contribution in [2.45, 2.75) is 13.5 Å². The first-order chi connectivity index (χ1) is 8.68. The summed E-state index contributed by atoms with van der Waals surface area (Å²) in [4.78, 5) is 12.0. The maximum atomic E-state index is 12.0. The Morgan fingerprint density at radius 3 is 2.50 bits per heavy atom. The molecule has 0 radical (unpaired) electrons. The highest BCUT2D eigenvalue weighted by Gasteiger charge is 2.08. The molecule has 0 spiro atoms. The number of carbonyl (C=O) groups excluding carboxylic acids is 1. The molecule has 2 rings (SSSR count). The largest absolute Gasteiger partial charge is 0.348 e. The summed E-state index contributed by atoms with van der Waals surface area (Å²) in [5.74, 6) is -0.0248. The minimum atomic E-state index is -0.0248. The molecule has 92 valence electrons. The lowest BCUT2D eigenvalue weighted by atomic mass is 10.1. The number of nitrogens with one attached hydrogen (secondary N) is 1. The highest BCUT2D eigenvalue weighted by Crippen LogP contribution is 2.12. The minimum Gasteiger partial charge on any atom is -0.348 e. The molecule has 0 saturated heterocycles. The van der Waals surface area contributed by atoms with Gasteiger partial charge in [0.1, 0.15) is 0 Å². The average molecular weight is 351 g/mol. The van der Waals surface area contributed by atoms with Gasteiger partial charge in [0.25, 0.3) is 5.91 Å². The van der Waals surface area contributed by atoms with Crippen molar-refractivity contribution in [1.29, 1.82) is 0 Å². The zero-order valence-corrected chi connectivity index (χ0v) is 12.3. The van der Waals surface area contributed by atoms with E-state index in [2.05, 4.69) is 27.9 Å². The number of amides is 1. The Labute approximate surface area is 121 Å². The number of halogens is 1. The number of hydrogen-bond acceptors (Lipinski definition) is 1. The van der Waals surface area contributed by atoms with Gasteiger partial charge in [-0.15, -0.1) is 0 Å². The van der Waals surface area contributed by atoms with Gasteiger partial charge >= 0.3 is 0 Å². The van der Waals surface area contributed by atoms with Gasteiger partial charge in [0, 0.05) is 10.1 Å². The second-order valence-electron chi connectivity index (χ2n) is 4.09. The molecule has 1 amide bonds. The summed E-state index contributed by atoms with van der Waals surface area (Å²) in [7, 11) is 0. The standard InChI is InChI=1S/C15H14INO/c1-11-6-2-3-7-12(11)10-17-15(18)13-8-4-5-9-14(13)16/h2-9H,10H2,1H3,(H,17,18). The summed E-state index contributed by atoms with van der Waals surface area (Å²) in [5, 5.41) is 2.95. The lowest BCUT2D eigenvalue weighted by Crippen LogP contribution is -2.23. The number of benzene rings is 2. The van der Waals surface area contributed by atoms with Crippen LogP contribution in [0.1, 0.15) is 21.5 Å². The SMILES string of the molecule is Cc1ccccc1CNC(=O)c1ccccc1I. The molecule has 18 heavy (non-hydrogen) atoms. The molecule has 2 aromatic rings. The van der Waals surface area contributed by atoms with Crippen molar-refractivity contribution in [2.75, 3.05) is 0 Å². The van der Waals surface area contributed by atoms with E-state index >= 15 is 0 Å². The number of rotatable bonds is 3. The predicted octanol–water partition coefficient (Wildman–Crippen LogP) is 3.53. The van der Waals surface area contributed by atoms with Crippen molar-refractivity contribution >= 4 is 28.5 Å². The monoisotopic (exact) mass is 351 g/mol. The molecule has 1 N–H and O–H groups in total. The van der Waals surface area contributed by atoms with Gasteiger partial charge in [0.05, 0.1) is 5.56 Å². The average Bonchev–Trinajstić information content (AvgIpc) is 2.38. The van der Waals surface area contributed by atoms with Crippen LogP contribution in [0.25, 0.3) is 0 Å². The molecule has 0 heterocycles. The van der Waals surface area contributed by atoms with E-state index in [-0.39, 0.29) is 5.91 Å². The molecule has 0 unspecified atom stereocenters. The second kappa shape index (κ2) is 6.00. The Kier molecular flexibility index (Phi) is 4.36. The summed E-state index contributed by atoms with van der Waals surface area (Å²) in [5.41, 5.74) is 3.07. The van der Waals surface area contributed by atoms with E-state index in [1.807, 2.05) is 55.5 Å². The van der Waals surface area contributed by atoms with E-state index in [1.54, 1.807) is 0 Å². The van der Waals surface area contributed by atoms with Gasteiger partial charge in [0.2, 0.25) is 0 Å². The van der Waals surface area contributed by atoms with Gasteiger partial charge in [-0.25, -0.2) is 0 Å². The Bertz CT molecular complexity index is 566. The fourth-order valence-corrected chi connectivity index (χ4v) is 2.36. The summed E-state index contributed by atoms with van der Waals surface area (Å²) in [6.07, 6.45) is 0. The minimum absolute atomic E-state index is 0.0248. The Hall–Kier alpha value is -1.36. The molecular weight excluding hydrogens is 337 g/mol. The Balaban J connectivity index is 2.06. The molecule has 0 aliphatic carbocycles. The third-order valence-corrected chi connectivity index (χ3v) is 3.76. The molecule has 0 atom stereocenters. The van der Waals surface area contributed by atoms with Crippen LogP contribution in [0.2, 0.25) is 0 Å². The summed E-state index contributed by atoms with van der Waals surface area (Å²) in [6, 6.07) is 15.7. The first-order valence-electron chi connectivity index (χ1n) is 5.75. The number of hydrogen-bond donors (Lipinski definition) is 1. The number of aryl methyl sites for hydroxylation is 1. The third kappa shape index (κ3) is 3.10. The van der Waals surface area contributed by atoms with Gasteiger partial charge in [-0.1, -0.05) is 36.4 Å².